The van der Waals surface area contributed by atoms with E-state index in [1.54, 1.807) is 41.6 Å². The molecule has 0 spiro atoms. The lowest BCUT2D eigenvalue weighted by molar-refractivity contribution is 0.0781. The van der Waals surface area contributed by atoms with Crippen molar-refractivity contribution < 1.29 is 9.59 Å². The first-order valence-electron chi connectivity index (χ1n) is 7.29. The fraction of sp³-hybridized carbons (Fsp3) is 0.312. The number of carbonyl (C=O) groups is 2. The third-order valence-corrected chi connectivity index (χ3v) is 4.25. The van der Waals surface area contributed by atoms with Crippen LogP contribution in [0.15, 0.2) is 29.6 Å². The quantitative estimate of drug-likeness (QED) is 0.853. The zero-order chi connectivity index (χ0) is 17.7. The summed E-state index contributed by atoms with van der Waals surface area (Å²) in [5.41, 5.74) is 0.760. The Bertz CT molecular complexity index is 732. The Morgan fingerprint density at radius 2 is 2.00 bits per heavy atom. The van der Waals surface area contributed by atoms with E-state index in [-0.39, 0.29) is 11.8 Å². The first-order chi connectivity index (χ1) is 11.4. The number of amides is 2. The summed E-state index contributed by atoms with van der Waals surface area (Å²) in [5, 5.41) is 5.19. The predicted molar refractivity (Wildman–Crippen MR) is 97.0 cm³/mol. The second-order valence-electron chi connectivity index (χ2n) is 5.53. The van der Waals surface area contributed by atoms with E-state index in [1.165, 1.54) is 11.3 Å². The zero-order valence-corrected chi connectivity index (χ0v) is 15.3. The Morgan fingerprint density at radius 1 is 1.25 bits per heavy atom. The molecule has 1 aromatic carbocycles. The van der Waals surface area contributed by atoms with Crippen molar-refractivity contribution >= 4 is 39.9 Å². The lowest BCUT2D eigenvalue weighted by Crippen LogP contribution is -2.33. The monoisotopic (exact) mass is 366 g/mol. The maximum absolute atomic E-state index is 12.3. The van der Waals surface area contributed by atoms with Gasteiger partial charge in [-0.3, -0.25) is 14.9 Å². The SMILES string of the molecule is CN(C)CCN(C)C(=O)c1csc(NC(=O)c2cccc(Cl)c2)n1. The van der Waals surface area contributed by atoms with Gasteiger partial charge < -0.3 is 9.80 Å². The second kappa shape index (κ2) is 8.23. The highest BCUT2D eigenvalue weighted by molar-refractivity contribution is 7.14. The van der Waals surface area contributed by atoms with E-state index in [2.05, 4.69) is 10.3 Å². The molecule has 0 unspecified atom stereocenters. The molecule has 24 heavy (non-hydrogen) atoms. The van der Waals surface area contributed by atoms with E-state index in [1.807, 2.05) is 19.0 Å². The molecule has 0 atom stereocenters. The first kappa shape index (κ1) is 18.4. The van der Waals surface area contributed by atoms with Crippen molar-refractivity contribution in [3.63, 3.8) is 0 Å². The van der Waals surface area contributed by atoms with Crippen molar-refractivity contribution in [3.05, 3.63) is 45.9 Å². The van der Waals surface area contributed by atoms with Crippen LogP contribution >= 0.6 is 22.9 Å². The summed E-state index contributed by atoms with van der Waals surface area (Å²) in [5.74, 6) is -0.483. The molecule has 1 aromatic heterocycles. The minimum absolute atomic E-state index is 0.170. The van der Waals surface area contributed by atoms with Gasteiger partial charge in [0.2, 0.25) is 0 Å². The summed E-state index contributed by atoms with van der Waals surface area (Å²) in [6.45, 7) is 1.37. The Morgan fingerprint density at radius 3 is 2.67 bits per heavy atom. The highest BCUT2D eigenvalue weighted by atomic mass is 35.5. The number of aromatic nitrogens is 1. The van der Waals surface area contributed by atoms with Crippen LogP contribution < -0.4 is 5.32 Å². The number of benzene rings is 1. The molecule has 128 valence electrons. The molecule has 0 aliphatic carbocycles. The molecule has 0 saturated carbocycles. The van der Waals surface area contributed by atoms with E-state index in [9.17, 15) is 9.59 Å². The van der Waals surface area contributed by atoms with E-state index < -0.39 is 0 Å². The number of nitrogens with zero attached hydrogens (tertiary/aromatic N) is 3. The van der Waals surface area contributed by atoms with E-state index in [4.69, 9.17) is 11.6 Å². The predicted octanol–water partition coefficient (Wildman–Crippen LogP) is 2.68. The van der Waals surface area contributed by atoms with Crippen LogP contribution in [0.5, 0.6) is 0 Å². The number of hydrogen-bond acceptors (Lipinski definition) is 5. The third kappa shape index (κ3) is 5.02. The summed E-state index contributed by atoms with van der Waals surface area (Å²) < 4.78 is 0. The van der Waals surface area contributed by atoms with Gasteiger partial charge in [0.05, 0.1) is 0 Å². The summed E-state index contributed by atoms with van der Waals surface area (Å²) in [7, 11) is 5.63. The molecule has 1 heterocycles. The molecule has 0 bridgehead atoms. The second-order valence-corrected chi connectivity index (χ2v) is 6.83. The Balaban J connectivity index is 2.00. The average Bonchev–Trinajstić information content (AvgIpc) is 3.00. The standard InChI is InChI=1S/C16H19ClN4O2S/c1-20(2)7-8-21(3)15(23)13-10-24-16(18-13)19-14(22)11-5-4-6-12(17)9-11/h4-6,9-10H,7-8H2,1-3H3,(H,18,19,22). The van der Waals surface area contributed by atoms with Gasteiger partial charge in [0.25, 0.3) is 11.8 Å². The van der Waals surface area contributed by atoms with Gasteiger partial charge in [-0.05, 0) is 32.3 Å². The highest BCUT2D eigenvalue weighted by Crippen LogP contribution is 2.18. The van der Waals surface area contributed by atoms with E-state index in [0.29, 0.717) is 28.0 Å². The van der Waals surface area contributed by atoms with Crippen molar-refractivity contribution in [3.8, 4) is 0 Å². The van der Waals surface area contributed by atoms with Gasteiger partial charge in [-0.15, -0.1) is 11.3 Å². The first-order valence-corrected chi connectivity index (χ1v) is 8.55. The largest absolute Gasteiger partial charge is 0.339 e. The molecule has 2 rings (SSSR count). The number of nitrogens with one attached hydrogen (secondary N) is 1. The molecule has 2 aromatic rings. The molecule has 0 fully saturated rings. The van der Waals surface area contributed by atoms with Crippen molar-refractivity contribution in [2.24, 2.45) is 0 Å². The van der Waals surface area contributed by atoms with E-state index >= 15 is 0 Å². The molecular weight excluding hydrogens is 348 g/mol. The Labute approximate surface area is 150 Å². The van der Waals surface area contributed by atoms with Gasteiger partial charge in [-0.2, -0.15) is 0 Å². The van der Waals surface area contributed by atoms with Gasteiger partial charge in [-0.1, -0.05) is 17.7 Å². The molecule has 2 amide bonds. The summed E-state index contributed by atoms with van der Waals surface area (Å²) >= 11 is 7.09. The van der Waals surface area contributed by atoms with Crippen LogP contribution in [0.4, 0.5) is 5.13 Å². The summed E-state index contributed by atoms with van der Waals surface area (Å²) in [6.07, 6.45) is 0. The van der Waals surface area contributed by atoms with Crippen LogP contribution in [0.2, 0.25) is 5.02 Å². The Hall–Kier alpha value is -1.96. The Kier molecular flexibility index (Phi) is 6.30. The topological polar surface area (TPSA) is 65.5 Å². The van der Waals surface area contributed by atoms with Crippen molar-refractivity contribution in [1.29, 1.82) is 0 Å². The molecule has 0 radical (unpaired) electrons. The third-order valence-electron chi connectivity index (χ3n) is 3.26. The maximum atomic E-state index is 12.3. The van der Waals surface area contributed by atoms with E-state index in [0.717, 1.165) is 6.54 Å². The van der Waals surface area contributed by atoms with Gasteiger partial charge >= 0.3 is 0 Å². The summed E-state index contributed by atoms with van der Waals surface area (Å²) in [4.78, 5) is 32.3. The van der Waals surface area contributed by atoms with Crippen LogP contribution in [-0.4, -0.2) is 60.8 Å². The maximum Gasteiger partial charge on any atom is 0.273 e. The highest BCUT2D eigenvalue weighted by Gasteiger charge is 2.17. The number of halogens is 1. The number of hydrogen-bond donors (Lipinski definition) is 1. The zero-order valence-electron chi connectivity index (χ0n) is 13.7. The van der Waals surface area contributed by atoms with Crippen molar-refractivity contribution in [2.45, 2.75) is 0 Å². The van der Waals surface area contributed by atoms with Gasteiger partial charge in [0, 0.05) is 36.1 Å². The van der Waals surface area contributed by atoms with Gasteiger partial charge in [-0.25, -0.2) is 4.98 Å². The molecule has 0 saturated heterocycles. The molecule has 1 N–H and O–H groups in total. The van der Waals surface area contributed by atoms with Crippen molar-refractivity contribution in [1.82, 2.24) is 14.8 Å². The fourth-order valence-corrected chi connectivity index (χ4v) is 2.75. The average molecular weight is 367 g/mol. The minimum atomic E-state index is -0.313. The number of thiazole rings is 1. The van der Waals surface area contributed by atoms with Crippen LogP contribution in [0.25, 0.3) is 0 Å². The van der Waals surface area contributed by atoms with Gasteiger partial charge in [0.1, 0.15) is 5.69 Å². The van der Waals surface area contributed by atoms with Crippen LogP contribution in [-0.2, 0) is 0 Å². The van der Waals surface area contributed by atoms with Crippen LogP contribution in [0, 0.1) is 0 Å². The molecular formula is C16H19ClN4O2S. The lowest BCUT2D eigenvalue weighted by Gasteiger charge is -2.18. The van der Waals surface area contributed by atoms with Gasteiger partial charge in [0.15, 0.2) is 5.13 Å². The number of anilines is 1. The number of likely N-dealkylation sites (N-methyl/N-ethyl adjacent to an activating group) is 2. The summed E-state index contributed by atoms with van der Waals surface area (Å²) in [6, 6.07) is 6.64. The van der Waals surface area contributed by atoms with Crippen molar-refractivity contribution in [2.75, 3.05) is 39.5 Å². The number of rotatable bonds is 6. The lowest BCUT2D eigenvalue weighted by atomic mass is 10.2. The fourth-order valence-electron chi connectivity index (χ4n) is 1.88. The molecule has 0 aliphatic heterocycles. The normalized spacial score (nSPS) is 10.7. The van der Waals surface area contributed by atoms with Crippen LogP contribution in [0.1, 0.15) is 20.8 Å². The molecule has 0 aliphatic rings. The molecule has 8 heteroatoms. The minimum Gasteiger partial charge on any atom is -0.339 e. The molecule has 6 nitrogen and oxygen atoms in total. The number of carbonyl (C=O) groups excluding carboxylic acids is 2. The smallest absolute Gasteiger partial charge is 0.273 e. The van der Waals surface area contributed by atoms with Crippen LogP contribution in [0.3, 0.4) is 0 Å².